The standard InChI is InChI=1S/C7H11NO4.C2H4O2/c9-6(10)4-1-2-5(7(11)12)8-3-4;1-2(3)4/h4-5,8H,1-3H2,(H,9,10)(H,11,12);1H3,(H,3,4)/t4-,5+;/m0./s1. The fourth-order valence-electron chi connectivity index (χ4n) is 1.28. The Hall–Kier alpha value is -1.63. The summed E-state index contributed by atoms with van der Waals surface area (Å²) in [6, 6.07) is -0.569. The Labute approximate surface area is 92.1 Å². The van der Waals surface area contributed by atoms with Crippen molar-refractivity contribution in [1.29, 1.82) is 0 Å². The third-order valence-electron chi connectivity index (χ3n) is 2.06. The molecule has 0 unspecified atom stereocenters. The molecule has 0 amide bonds. The lowest BCUT2D eigenvalue weighted by molar-refractivity contribution is -0.146. The predicted molar refractivity (Wildman–Crippen MR) is 53.1 cm³/mol. The zero-order chi connectivity index (χ0) is 12.7. The molecule has 0 saturated carbocycles. The van der Waals surface area contributed by atoms with Gasteiger partial charge in [-0.1, -0.05) is 0 Å². The van der Waals surface area contributed by atoms with Gasteiger partial charge in [0.2, 0.25) is 0 Å². The fourth-order valence-corrected chi connectivity index (χ4v) is 1.28. The minimum Gasteiger partial charge on any atom is -0.481 e. The third kappa shape index (κ3) is 5.97. The van der Waals surface area contributed by atoms with Crippen LogP contribution in [0.1, 0.15) is 19.8 Å². The molecule has 1 fully saturated rings. The monoisotopic (exact) mass is 233 g/mol. The van der Waals surface area contributed by atoms with Gasteiger partial charge < -0.3 is 20.6 Å². The maximum absolute atomic E-state index is 10.4. The highest BCUT2D eigenvalue weighted by Crippen LogP contribution is 2.14. The Morgan fingerprint density at radius 3 is 1.81 bits per heavy atom. The van der Waals surface area contributed by atoms with Crippen molar-refractivity contribution in [3.63, 3.8) is 0 Å². The molecule has 0 bridgehead atoms. The zero-order valence-corrected chi connectivity index (χ0v) is 8.84. The van der Waals surface area contributed by atoms with E-state index in [1.54, 1.807) is 0 Å². The molecule has 1 rings (SSSR count). The second kappa shape index (κ2) is 6.78. The van der Waals surface area contributed by atoms with Crippen LogP contribution in [0.4, 0.5) is 0 Å². The first kappa shape index (κ1) is 14.4. The van der Waals surface area contributed by atoms with Crippen molar-refractivity contribution in [3.05, 3.63) is 0 Å². The van der Waals surface area contributed by atoms with Crippen LogP contribution in [-0.4, -0.2) is 45.8 Å². The molecule has 92 valence electrons. The van der Waals surface area contributed by atoms with E-state index in [0.717, 1.165) is 6.92 Å². The molecule has 1 saturated heterocycles. The highest BCUT2D eigenvalue weighted by molar-refractivity contribution is 5.75. The molecule has 0 aromatic heterocycles. The van der Waals surface area contributed by atoms with E-state index < -0.39 is 29.9 Å². The van der Waals surface area contributed by atoms with Gasteiger partial charge in [0.1, 0.15) is 6.04 Å². The number of carboxylic acids is 3. The molecule has 0 aromatic rings. The van der Waals surface area contributed by atoms with Gasteiger partial charge in [0.15, 0.2) is 0 Å². The summed E-state index contributed by atoms with van der Waals surface area (Å²) in [6.45, 7) is 1.34. The molecule has 16 heavy (non-hydrogen) atoms. The van der Waals surface area contributed by atoms with Crippen LogP contribution >= 0.6 is 0 Å². The Bertz CT molecular complexity index is 243. The van der Waals surface area contributed by atoms with Gasteiger partial charge in [0, 0.05) is 13.5 Å². The van der Waals surface area contributed by atoms with Crippen molar-refractivity contribution in [2.45, 2.75) is 25.8 Å². The van der Waals surface area contributed by atoms with Crippen LogP contribution in [0.2, 0.25) is 0 Å². The van der Waals surface area contributed by atoms with Crippen molar-refractivity contribution >= 4 is 17.9 Å². The number of carbonyl (C=O) groups is 3. The summed E-state index contributed by atoms with van der Waals surface area (Å²) in [5, 5.41) is 27.2. The van der Waals surface area contributed by atoms with Crippen molar-refractivity contribution in [2.24, 2.45) is 5.92 Å². The summed E-state index contributed by atoms with van der Waals surface area (Å²) in [5.74, 6) is -3.02. The van der Waals surface area contributed by atoms with Crippen LogP contribution in [0.15, 0.2) is 0 Å². The van der Waals surface area contributed by atoms with E-state index in [2.05, 4.69) is 5.32 Å². The lowest BCUT2D eigenvalue weighted by atomic mass is 9.95. The van der Waals surface area contributed by atoms with Gasteiger partial charge in [-0.3, -0.25) is 14.4 Å². The molecule has 0 radical (unpaired) electrons. The smallest absolute Gasteiger partial charge is 0.320 e. The summed E-state index contributed by atoms with van der Waals surface area (Å²) < 4.78 is 0. The van der Waals surface area contributed by atoms with Gasteiger partial charge in [0.05, 0.1) is 5.92 Å². The predicted octanol–water partition coefficient (Wildman–Crippen LogP) is -0.385. The van der Waals surface area contributed by atoms with Gasteiger partial charge in [-0.05, 0) is 12.8 Å². The third-order valence-corrected chi connectivity index (χ3v) is 2.06. The largest absolute Gasteiger partial charge is 0.481 e. The number of carboxylic acid groups (broad SMARTS) is 3. The fraction of sp³-hybridized carbons (Fsp3) is 0.667. The molecule has 7 heteroatoms. The van der Waals surface area contributed by atoms with Crippen molar-refractivity contribution in [3.8, 4) is 0 Å². The lowest BCUT2D eigenvalue weighted by Crippen LogP contribution is -2.45. The van der Waals surface area contributed by atoms with E-state index in [1.165, 1.54) is 0 Å². The molecule has 2 atom stereocenters. The number of hydrogen-bond donors (Lipinski definition) is 4. The lowest BCUT2D eigenvalue weighted by Gasteiger charge is -2.24. The van der Waals surface area contributed by atoms with E-state index in [9.17, 15) is 9.59 Å². The number of nitrogens with one attached hydrogen (secondary N) is 1. The molecule has 1 aliphatic rings. The summed E-state index contributed by atoms with van der Waals surface area (Å²) in [4.78, 5) is 29.9. The maximum atomic E-state index is 10.4. The highest BCUT2D eigenvalue weighted by Gasteiger charge is 2.28. The first-order chi connectivity index (χ1) is 7.34. The van der Waals surface area contributed by atoms with E-state index >= 15 is 0 Å². The van der Waals surface area contributed by atoms with Crippen LogP contribution in [-0.2, 0) is 14.4 Å². The van der Waals surface area contributed by atoms with E-state index in [0.29, 0.717) is 12.8 Å². The number of hydrogen-bond acceptors (Lipinski definition) is 4. The zero-order valence-electron chi connectivity index (χ0n) is 8.84. The van der Waals surface area contributed by atoms with Crippen LogP contribution in [0, 0.1) is 5.92 Å². The molecule has 0 spiro atoms. The van der Waals surface area contributed by atoms with E-state index in [4.69, 9.17) is 20.1 Å². The first-order valence-corrected chi connectivity index (χ1v) is 4.73. The van der Waals surface area contributed by atoms with Gasteiger partial charge >= 0.3 is 11.9 Å². The van der Waals surface area contributed by atoms with Gasteiger partial charge in [-0.15, -0.1) is 0 Å². The molecule has 1 aliphatic heterocycles. The minimum atomic E-state index is -0.904. The van der Waals surface area contributed by atoms with Crippen molar-refractivity contribution in [1.82, 2.24) is 5.32 Å². The van der Waals surface area contributed by atoms with Gasteiger partial charge in [0.25, 0.3) is 5.97 Å². The van der Waals surface area contributed by atoms with Crippen LogP contribution < -0.4 is 5.32 Å². The summed E-state index contributed by atoms with van der Waals surface area (Å²) in [5.41, 5.74) is 0. The average molecular weight is 233 g/mol. The Morgan fingerprint density at radius 2 is 1.56 bits per heavy atom. The van der Waals surface area contributed by atoms with Crippen LogP contribution in [0.5, 0.6) is 0 Å². The molecule has 7 nitrogen and oxygen atoms in total. The van der Waals surface area contributed by atoms with Crippen LogP contribution in [0.25, 0.3) is 0 Å². The normalized spacial score (nSPS) is 23.8. The first-order valence-electron chi connectivity index (χ1n) is 4.73. The van der Waals surface area contributed by atoms with Gasteiger partial charge in [-0.25, -0.2) is 0 Å². The molecular weight excluding hydrogens is 218 g/mol. The Kier molecular flexibility index (Phi) is 6.09. The Balaban J connectivity index is 0.000000487. The number of aliphatic carboxylic acids is 3. The molecule has 0 aliphatic carbocycles. The summed E-state index contributed by atoms with van der Waals surface area (Å²) in [7, 11) is 0. The van der Waals surface area contributed by atoms with Crippen LogP contribution in [0.3, 0.4) is 0 Å². The summed E-state index contributed by atoms with van der Waals surface area (Å²) in [6.07, 6.45) is 0.839. The highest BCUT2D eigenvalue weighted by atomic mass is 16.4. The van der Waals surface area contributed by atoms with Crippen molar-refractivity contribution in [2.75, 3.05) is 6.54 Å². The molecule has 0 aromatic carbocycles. The molecule has 1 heterocycles. The number of piperidine rings is 1. The van der Waals surface area contributed by atoms with E-state index in [-0.39, 0.29) is 6.54 Å². The average Bonchev–Trinajstić information content (AvgIpc) is 2.17. The topological polar surface area (TPSA) is 124 Å². The second-order valence-corrected chi connectivity index (χ2v) is 3.43. The van der Waals surface area contributed by atoms with E-state index in [1.807, 2.05) is 0 Å². The van der Waals surface area contributed by atoms with Gasteiger partial charge in [-0.2, -0.15) is 0 Å². The minimum absolute atomic E-state index is 0.256. The quantitative estimate of drug-likeness (QED) is 0.512. The second-order valence-electron chi connectivity index (χ2n) is 3.43. The maximum Gasteiger partial charge on any atom is 0.320 e. The molecule has 4 N–H and O–H groups in total. The molecular formula is C9H15NO6. The number of rotatable bonds is 2. The summed E-state index contributed by atoms with van der Waals surface area (Å²) >= 11 is 0. The SMILES string of the molecule is CC(=O)O.O=C(O)[C@H]1CC[C@H](C(=O)O)NC1. The Morgan fingerprint density at radius 1 is 1.06 bits per heavy atom. The van der Waals surface area contributed by atoms with Crippen molar-refractivity contribution < 1.29 is 29.7 Å².